The first-order valence-corrected chi connectivity index (χ1v) is 11.2. The minimum Gasteiger partial charge on any atom is -0.322 e. The highest BCUT2D eigenvalue weighted by Crippen LogP contribution is 2.37. The van der Waals surface area contributed by atoms with Crippen molar-refractivity contribution >= 4 is 23.3 Å². The van der Waals surface area contributed by atoms with Gasteiger partial charge in [-0.15, -0.1) is 0 Å². The van der Waals surface area contributed by atoms with E-state index in [0.29, 0.717) is 16.3 Å². The lowest BCUT2D eigenvalue weighted by Crippen LogP contribution is -2.50. The number of carbonyl (C=O) groups excluding carboxylic acids is 1. The molecule has 0 aliphatic carbocycles. The number of nitrogens with one attached hydrogen (secondary N) is 2. The van der Waals surface area contributed by atoms with Gasteiger partial charge in [-0.2, -0.15) is 13.2 Å². The molecular formula is C27H20ClF4N3O. The average Bonchev–Trinajstić information content (AvgIpc) is 2.84. The Balaban J connectivity index is 1.87. The molecule has 0 spiro atoms. The van der Waals surface area contributed by atoms with Gasteiger partial charge in [0.05, 0.1) is 17.5 Å². The van der Waals surface area contributed by atoms with E-state index in [0.717, 1.165) is 24.4 Å². The number of urea groups is 1. The summed E-state index contributed by atoms with van der Waals surface area (Å²) in [4.78, 5) is 17.4. The Morgan fingerprint density at radius 3 is 2.25 bits per heavy atom. The normalized spacial score (nSPS) is 13.0. The van der Waals surface area contributed by atoms with Crippen LogP contribution in [-0.2, 0) is 18.1 Å². The minimum atomic E-state index is -4.62. The number of anilines is 1. The van der Waals surface area contributed by atoms with Crippen molar-refractivity contribution in [2.24, 2.45) is 0 Å². The van der Waals surface area contributed by atoms with Gasteiger partial charge in [-0.3, -0.25) is 4.98 Å². The van der Waals surface area contributed by atoms with Crippen molar-refractivity contribution in [1.82, 2.24) is 10.3 Å². The third-order valence-electron chi connectivity index (χ3n) is 5.57. The number of benzene rings is 3. The number of carbonyl (C=O) groups is 1. The molecule has 0 aliphatic rings. The summed E-state index contributed by atoms with van der Waals surface area (Å²) >= 11 is 6.01. The maximum Gasteiger partial charge on any atom is 0.416 e. The summed E-state index contributed by atoms with van der Waals surface area (Å²) in [5.41, 5.74) is -1.10. The number of hydrogen-bond acceptors (Lipinski definition) is 2. The quantitative estimate of drug-likeness (QED) is 0.268. The predicted molar refractivity (Wildman–Crippen MR) is 130 cm³/mol. The molecule has 4 aromatic rings. The van der Waals surface area contributed by atoms with Crippen molar-refractivity contribution in [2.75, 3.05) is 5.32 Å². The highest BCUT2D eigenvalue weighted by Gasteiger charge is 2.40. The van der Waals surface area contributed by atoms with Crippen molar-refractivity contribution in [1.29, 1.82) is 0 Å². The van der Waals surface area contributed by atoms with Crippen LogP contribution in [0.3, 0.4) is 0 Å². The molecule has 0 bridgehead atoms. The molecule has 1 atom stereocenters. The first-order valence-electron chi connectivity index (χ1n) is 10.8. The van der Waals surface area contributed by atoms with Crippen molar-refractivity contribution in [3.8, 4) is 0 Å². The fraction of sp³-hybridized carbons (Fsp3) is 0.111. The topological polar surface area (TPSA) is 54.0 Å². The summed E-state index contributed by atoms with van der Waals surface area (Å²) in [5, 5.41) is 5.88. The Morgan fingerprint density at radius 2 is 1.58 bits per heavy atom. The third-order valence-corrected chi connectivity index (χ3v) is 5.80. The van der Waals surface area contributed by atoms with Crippen LogP contribution in [0.4, 0.5) is 28.0 Å². The molecular weight excluding hydrogens is 494 g/mol. The molecule has 0 saturated heterocycles. The van der Waals surface area contributed by atoms with Crippen molar-refractivity contribution in [3.63, 3.8) is 0 Å². The predicted octanol–water partition coefficient (Wildman–Crippen LogP) is 7.20. The standard InChI is InChI=1S/C27H20ClF4N3O/c28-21-10-5-11-23(15-21)34-25(36)35-26(16-18-6-2-1-3-7-18,24-13-12-22(29)17-33-24)19-8-4-9-20(14-19)27(30,31)32/h1-15,17H,16H2,(H2,34,35,36). The molecule has 1 aromatic heterocycles. The van der Waals surface area contributed by atoms with Crippen LogP contribution in [0.5, 0.6) is 0 Å². The molecule has 4 nitrogen and oxygen atoms in total. The summed E-state index contributed by atoms with van der Waals surface area (Å²) in [6.45, 7) is 0. The van der Waals surface area contributed by atoms with Crippen LogP contribution in [0.25, 0.3) is 0 Å². The molecule has 36 heavy (non-hydrogen) atoms. The number of alkyl halides is 3. The lowest BCUT2D eigenvalue weighted by molar-refractivity contribution is -0.137. The van der Waals surface area contributed by atoms with E-state index in [1.165, 1.54) is 24.3 Å². The van der Waals surface area contributed by atoms with Gasteiger partial charge in [-0.1, -0.05) is 60.1 Å². The second-order valence-electron chi connectivity index (χ2n) is 8.10. The van der Waals surface area contributed by atoms with Gasteiger partial charge in [0.2, 0.25) is 0 Å². The maximum absolute atomic E-state index is 13.8. The van der Waals surface area contributed by atoms with Gasteiger partial charge in [-0.25, -0.2) is 9.18 Å². The zero-order valence-corrected chi connectivity index (χ0v) is 19.4. The average molecular weight is 514 g/mol. The van der Waals surface area contributed by atoms with Crippen LogP contribution in [0.1, 0.15) is 22.4 Å². The lowest BCUT2D eigenvalue weighted by Gasteiger charge is -2.35. The number of halogens is 5. The monoisotopic (exact) mass is 513 g/mol. The van der Waals surface area contributed by atoms with Crippen LogP contribution in [-0.4, -0.2) is 11.0 Å². The van der Waals surface area contributed by atoms with E-state index in [1.807, 2.05) is 0 Å². The van der Waals surface area contributed by atoms with Gasteiger partial charge < -0.3 is 10.6 Å². The summed E-state index contributed by atoms with van der Waals surface area (Å²) in [5.74, 6) is -0.625. The molecule has 184 valence electrons. The fourth-order valence-corrected chi connectivity index (χ4v) is 4.12. The summed E-state index contributed by atoms with van der Waals surface area (Å²) in [6, 6.07) is 21.8. The molecule has 3 aromatic carbocycles. The molecule has 4 rings (SSSR count). The second-order valence-corrected chi connectivity index (χ2v) is 8.53. The Bertz CT molecular complexity index is 1350. The van der Waals surface area contributed by atoms with Crippen LogP contribution in [0, 0.1) is 5.82 Å². The number of amides is 2. The number of pyridine rings is 1. The number of aromatic nitrogens is 1. The highest BCUT2D eigenvalue weighted by molar-refractivity contribution is 6.30. The van der Waals surface area contributed by atoms with Crippen LogP contribution >= 0.6 is 11.6 Å². The number of nitrogens with zero attached hydrogens (tertiary/aromatic N) is 1. The summed E-state index contributed by atoms with van der Waals surface area (Å²) in [7, 11) is 0. The van der Waals surface area contributed by atoms with Crippen molar-refractivity contribution < 1.29 is 22.4 Å². The smallest absolute Gasteiger partial charge is 0.322 e. The van der Waals surface area contributed by atoms with E-state index >= 15 is 0 Å². The van der Waals surface area contributed by atoms with E-state index in [2.05, 4.69) is 15.6 Å². The molecule has 0 aliphatic heterocycles. The van der Waals surface area contributed by atoms with E-state index in [-0.39, 0.29) is 17.7 Å². The van der Waals surface area contributed by atoms with Gasteiger partial charge in [0, 0.05) is 17.1 Å². The van der Waals surface area contributed by atoms with Crippen LogP contribution in [0.2, 0.25) is 5.02 Å². The second kappa shape index (κ2) is 10.4. The first-order chi connectivity index (χ1) is 17.2. The van der Waals surface area contributed by atoms with Crippen LogP contribution in [0.15, 0.2) is 97.2 Å². The molecule has 0 fully saturated rings. The van der Waals surface area contributed by atoms with Crippen molar-refractivity contribution in [3.05, 3.63) is 130 Å². The Morgan fingerprint density at radius 1 is 0.861 bits per heavy atom. The molecule has 1 unspecified atom stereocenters. The molecule has 2 N–H and O–H groups in total. The first kappa shape index (κ1) is 25.2. The summed E-state index contributed by atoms with van der Waals surface area (Å²) < 4.78 is 54.7. The largest absolute Gasteiger partial charge is 0.416 e. The number of hydrogen-bond donors (Lipinski definition) is 2. The third kappa shape index (κ3) is 5.83. The van der Waals surface area contributed by atoms with Gasteiger partial charge in [0.25, 0.3) is 0 Å². The lowest BCUT2D eigenvalue weighted by atomic mass is 9.80. The van der Waals surface area contributed by atoms with E-state index in [1.54, 1.807) is 48.5 Å². The highest BCUT2D eigenvalue weighted by atomic mass is 35.5. The Labute approximate surface area is 210 Å². The van der Waals surface area contributed by atoms with E-state index in [4.69, 9.17) is 11.6 Å². The Kier molecular flexibility index (Phi) is 7.26. The van der Waals surface area contributed by atoms with Gasteiger partial charge in [0.15, 0.2) is 0 Å². The Hall–Kier alpha value is -3.91. The van der Waals surface area contributed by atoms with Crippen LogP contribution < -0.4 is 10.6 Å². The molecule has 1 heterocycles. The fourth-order valence-electron chi connectivity index (χ4n) is 3.93. The summed E-state index contributed by atoms with van der Waals surface area (Å²) in [6.07, 6.45) is -3.62. The SMILES string of the molecule is O=C(Nc1cccc(Cl)c1)NC(Cc1ccccc1)(c1cccc(C(F)(F)F)c1)c1ccc(F)cn1. The zero-order chi connectivity index (χ0) is 25.8. The molecule has 9 heteroatoms. The van der Waals surface area contributed by atoms with Gasteiger partial charge in [-0.05, 0) is 53.6 Å². The molecule has 0 radical (unpaired) electrons. The zero-order valence-electron chi connectivity index (χ0n) is 18.7. The van der Waals surface area contributed by atoms with Crippen molar-refractivity contribution in [2.45, 2.75) is 18.1 Å². The molecule has 2 amide bonds. The molecule has 0 saturated carbocycles. The van der Waals surface area contributed by atoms with E-state index in [9.17, 15) is 22.4 Å². The van der Waals surface area contributed by atoms with Gasteiger partial charge in [0.1, 0.15) is 11.4 Å². The minimum absolute atomic E-state index is 0.0384. The van der Waals surface area contributed by atoms with Gasteiger partial charge >= 0.3 is 12.2 Å². The maximum atomic E-state index is 13.8. The van der Waals surface area contributed by atoms with E-state index < -0.39 is 29.1 Å². The number of rotatable bonds is 6.